The quantitative estimate of drug-likeness (QED) is 0.333. The van der Waals surface area contributed by atoms with E-state index in [2.05, 4.69) is 20.4 Å². The fourth-order valence-corrected chi connectivity index (χ4v) is 3.06. The normalized spacial score (nSPS) is 22.4. The average Bonchev–Trinajstić information content (AvgIpc) is 2.80. The zero-order valence-corrected chi connectivity index (χ0v) is 15.6. The van der Waals surface area contributed by atoms with Crippen molar-refractivity contribution in [3.8, 4) is 0 Å². The number of rotatable bonds is 10. The van der Waals surface area contributed by atoms with Crippen LogP contribution in [0.1, 0.15) is 66.2 Å². The van der Waals surface area contributed by atoms with Crippen LogP contribution in [0.3, 0.4) is 0 Å². The summed E-state index contributed by atoms with van der Waals surface area (Å²) in [7, 11) is 0. The van der Waals surface area contributed by atoms with Crippen LogP contribution in [0.4, 0.5) is 0 Å². The highest BCUT2D eigenvalue weighted by Gasteiger charge is 2.36. The van der Waals surface area contributed by atoms with Gasteiger partial charge < -0.3 is 9.47 Å². The van der Waals surface area contributed by atoms with Gasteiger partial charge in [0.2, 0.25) is 0 Å². The highest BCUT2D eigenvalue weighted by Crippen LogP contribution is 2.32. The SMILES string of the molecule is C=C1C(=O)O[C@@H](C=C(C)CCOC(=O)C(CC)CCC)[C@@H]1CCC. The largest absolute Gasteiger partial charge is 0.465 e. The maximum Gasteiger partial charge on any atom is 0.334 e. The maximum atomic E-state index is 12.0. The number of esters is 2. The number of carbonyl (C=O) groups excluding carboxylic acids is 2. The molecule has 0 aliphatic carbocycles. The van der Waals surface area contributed by atoms with Crippen molar-refractivity contribution in [2.45, 2.75) is 72.3 Å². The van der Waals surface area contributed by atoms with E-state index in [9.17, 15) is 9.59 Å². The van der Waals surface area contributed by atoms with Crippen LogP contribution in [0.5, 0.6) is 0 Å². The molecular formula is C20H32O4. The summed E-state index contributed by atoms with van der Waals surface area (Å²) in [5, 5.41) is 0. The molecule has 0 bridgehead atoms. The molecule has 3 atom stereocenters. The molecule has 0 radical (unpaired) electrons. The van der Waals surface area contributed by atoms with Gasteiger partial charge in [-0.15, -0.1) is 0 Å². The first-order valence-electron chi connectivity index (χ1n) is 9.18. The Balaban J connectivity index is 2.50. The number of carbonyl (C=O) groups is 2. The predicted molar refractivity (Wildman–Crippen MR) is 95.4 cm³/mol. The van der Waals surface area contributed by atoms with Gasteiger partial charge in [0.25, 0.3) is 0 Å². The van der Waals surface area contributed by atoms with Gasteiger partial charge in [0.1, 0.15) is 6.10 Å². The fourth-order valence-electron chi connectivity index (χ4n) is 3.06. The first-order valence-corrected chi connectivity index (χ1v) is 9.18. The number of hydrogen-bond acceptors (Lipinski definition) is 4. The first-order chi connectivity index (χ1) is 11.4. The second kappa shape index (κ2) is 10.3. The Morgan fingerprint density at radius 1 is 1.33 bits per heavy atom. The summed E-state index contributed by atoms with van der Waals surface area (Å²) in [5.74, 6) is -0.322. The molecule has 1 fully saturated rings. The summed E-state index contributed by atoms with van der Waals surface area (Å²) >= 11 is 0. The van der Waals surface area contributed by atoms with Crippen LogP contribution in [-0.4, -0.2) is 24.6 Å². The highest BCUT2D eigenvalue weighted by atomic mass is 16.6. The molecule has 1 unspecified atom stereocenters. The topological polar surface area (TPSA) is 52.6 Å². The number of hydrogen-bond donors (Lipinski definition) is 0. The molecule has 1 heterocycles. The Bertz CT molecular complexity index is 478. The lowest BCUT2D eigenvalue weighted by Crippen LogP contribution is -2.18. The second-order valence-corrected chi connectivity index (χ2v) is 6.61. The minimum Gasteiger partial charge on any atom is -0.465 e. The van der Waals surface area contributed by atoms with Gasteiger partial charge in [0.15, 0.2) is 0 Å². The minimum absolute atomic E-state index is 0.00679. The molecule has 0 aromatic carbocycles. The number of ether oxygens (including phenoxy) is 2. The van der Waals surface area contributed by atoms with Crippen molar-refractivity contribution >= 4 is 11.9 Å². The zero-order valence-electron chi connectivity index (χ0n) is 15.6. The van der Waals surface area contributed by atoms with E-state index in [0.29, 0.717) is 18.6 Å². The van der Waals surface area contributed by atoms with E-state index < -0.39 is 0 Å². The molecule has 24 heavy (non-hydrogen) atoms. The molecule has 0 aromatic rings. The van der Waals surface area contributed by atoms with Crippen LogP contribution in [0.15, 0.2) is 23.8 Å². The molecule has 4 nitrogen and oxygen atoms in total. The molecule has 0 spiro atoms. The van der Waals surface area contributed by atoms with Crippen LogP contribution in [0, 0.1) is 11.8 Å². The van der Waals surface area contributed by atoms with Crippen molar-refractivity contribution in [2.24, 2.45) is 11.8 Å². The summed E-state index contributed by atoms with van der Waals surface area (Å²) < 4.78 is 10.8. The second-order valence-electron chi connectivity index (χ2n) is 6.61. The van der Waals surface area contributed by atoms with Gasteiger partial charge in [0, 0.05) is 17.9 Å². The molecule has 136 valence electrons. The lowest BCUT2D eigenvalue weighted by atomic mass is 9.91. The van der Waals surface area contributed by atoms with Gasteiger partial charge in [-0.2, -0.15) is 0 Å². The van der Waals surface area contributed by atoms with Crippen molar-refractivity contribution in [1.82, 2.24) is 0 Å². The Morgan fingerprint density at radius 3 is 2.62 bits per heavy atom. The van der Waals surface area contributed by atoms with E-state index >= 15 is 0 Å². The average molecular weight is 336 g/mol. The van der Waals surface area contributed by atoms with Crippen molar-refractivity contribution in [3.05, 3.63) is 23.8 Å². The van der Waals surface area contributed by atoms with Gasteiger partial charge in [-0.25, -0.2) is 4.79 Å². The molecule has 0 amide bonds. The van der Waals surface area contributed by atoms with Crippen LogP contribution in [0.2, 0.25) is 0 Å². The number of cyclic esters (lactones) is 1. The third-order valence-corrected chi connectivity index (χ3v) is 4.60. The predicted octanol–water partition coefficient (Wildman–Crippen LogP) is 4.59. The molecule has 4 heteroatoms. The van der Waals surface area contributed by atoms with Crippen LogP contribution in [0.25, 0.3) is 0 Å². The highest BCUT2D eigenvalue weighted by molar-refractivity contribution is 5.91. The van der Waals surface area contributed by atoms with Crippen molar-refractivity contribution in [1.29, 1.82) is 0 Å². The molecule has 0 aromatic heterocycles. The molecular weight excluding hydrogens is 304 g/mol. The minimum atomic E-state index is -0.292. The van der Waals surface area contributed by atoms with Gasteiger partial charge in [0.05, 0.1) is 12.5 Å². The van der Waals surface area contributed by atoms with Gasteiger partial charge in [-0.3, -0.25) is 4.79 Å². The summed E-state index contributed by atoms with van der Waals surface area (Å²) in [6, 6.07) is 0. The maximum absolute atomic E-state index is 12.0. The summed E-state index contributed by atoms with van der Waals surface area (Å²) in [4.78, 5) is 23.7. The lowest BCUT2D eigenvalue weighted by Gasteiger charge is -2.15. The third-order valence-electron chi connectivity index (χ3n) is 4.60. The van der Waals surface area contributed by atoms with Crippen LogP contribution in [-0.2, 0) is 19.1 Å². The van der Waals surface area contributed by atoms with Crippen LogP contribution >= 0.6 is 0 Å². The Hall–Kier alpha value is -1.58. The van der Waals surface area contributed by atoms with Gasteiger partial charge >= 0.3 is 11.9 Å². The van der Waals surface area contributed by atoms with E-state index in [1.807, 2.05) is 19.9 Å². The monoisotopic (exact) mass is 336 g/mol. The Labute approximate surface area is 146 Å². The molecule has 1 aliphatic heterocycles. The lowest BCUT2D eigenvalue weighted by molar-refractivity contribution is -0.148. The molecule has 0 saturated carbocycles. The van der Waals surface area contributed by atoms with E-state index in [4.69, 9.17) is 9.47 Å². The zero-order chi connectivity index (χ0) is 18.1. The van der Waals surface area contributed by atoms with Gasteiger partial charge in [-0.1, -0.05) is 45.8 Å². The smallest absolute Gasteiger partial charge is 0.334 e. The Kier molecular flexibility index (Phi) is 8.80. The standard InChI is InChI=1S/C20H32O4/c1-6-9-16(8-3)20(22)23-12-11-14(4)13-18-17(10-7-2)15(5)19(21)24-18/h13,16-18H,5-12H2,1-4H3/t16?,17-,18+/m1/s1. The Morgan fingerprint density at radius 2 is 2.04 bits per heavy atom. The van der Waals surface area contributed by atoms with E-state index in [0.717, 1.165) is 37.7 Å². The van der Waals surface area contributed by atoms with E-state index in [-0.39, 0.29) is 29.9 Å². The van der Waals surface area contributed by atoms with Crippen LogP contribution < -0.4 is 0 Å². The van der Waals surface area contributed by atoms with Gasteiger partial charge in [-0.05, 0) is 32.3 Å². The van der Waals surface area contributed by atoms with Crippen molar-refractivity contribution < 1.29 is 19.1 Å². The summed E-state index contributed by atoms with van der Waals surface area (Å²) in [6.45, 7) is 12.4. The van der Waals surface area contributed by atoms with Crippen molar-refractivity contribution in [3.63, 3.8) is 0 Å². The molecule has 1 aliphatic rings. The molecule has 0 N–H and O–H groups in total. The fraction of sp³-hybridized carbons (Fsp3) is 0.700. The first kappa shape index (κ1) is 20.5. The molecule has 1 rings (SSSR count). The summed E-state index contributed by atoms with van der Waals surface area (Å²) in [6.07, 6.45) is 6.97. The summed E-state index contributed by atoms with van der Waals surface area (Å²) in [5.41, 5.74) is 1.64. The van der Waals surface area contributed by atoms with E-state index in [1.54, 1.807) is 0 Å². The van der Waals surface area contributed by atoms with Crippen molar-refractivity contribution in [2.75, 3.05) is 6.61 Å². The molecule has 1 saturated heterocycles. The third kappa shape index (κ3) is 5.81. The van der Waals surface area contributed by atoms with E-state index in [1.165, 1.54) is 0 Å².